The molecule has 1 aromatic carbocycles. The predicted molar refractivity (Wildman–Crippen MR) is 70.2 cm³/mol. The Kier molecular flexibility index (Phi) is 3.21. The van der Waals surface area contributed by atoms with Crippen molar-refractivity contribution in [2.45, 2.75) is 20.8 Å². The topological polar surface area (TPSA) is 68.0 Å². The zero-order valence-corrected chi connectivity index (χ0v) is 11.8. The molecule has 1 N–H and O–H groups in total. The first-order valence-corrected chi connectivity index (χ1v) is 6.13. The van der Waals surface area contributed by atoms with Crippen LogP contribution in [-0.2, 0) is 0 Å². The molecule has 0 atom stereocenters. The molecule has 0 fully saturated rings. The Labute approximate surface area is 113 Å². The Morgan fingerprint density at radius 1 is 1.28 bits per heavy atom. The largest absolute Gasteiger partial charge is 0.475 e. The van der Waals surface area contributed by atoms with E-state index < -0.39 is 5.97 Å². The van der Waals surface area contributed by atoms with Gasteiger partial charge in [-0.25, -0.2) is 14.5 Å². The van der Waals surface area contributed by atoms with Crippen LogP contribution in [0.25, 0.3) is 5.69 Å². The van der Waals surface area contributed by atoms with Crippen molar-refractivity contribution in [2.75, 3.05) is 0 Å². The van der Waals surface area contributed by atoms with Crippen LogP contribution in [0.2, 0.25) is 0 Å². The van der Waals surface area contributed by atoms with Crippen LogP contribution in [0.5, 0.6) is 0 Å². The summed E-state index contributed by atoms with van der Waals surface area (Å²) in [7, 11) is 0. The number of carboxylic acid groups (broad SMARTS) is 1. The third-order valence-electron chi connectivity index (χ3n) is 2.63. The van der Waals surface area contributed by atoms with Crippen molar-refractivity contribution in [3.8, 4) is 5.69 Å². The summed E-state index contributed by atoms with van der Waals surface area (Å²) in [6.07, 6.45) is 0. The summed E-state index contributed by atoms with van der Waals surface area (Å²) in [4.78, 5) is 14.7. The van der Waals surface area contributed by atoms with Gasteiger partial charge in [-0.3, -0.25) is 0 Å². The van der Waals surface area contributed by atoms with Crippen molar-refractivity contribution >= 4 is 21.9 Å². The maximum absolute atomic E-state index is 10.8. The molecule has 5 nitrogen and oxygen atoms in total. The highest BCUT2D eigenvalue weighted by molar-refractivity contribution is 9.10. The molecular formula is C12H12BrN3O2. The van der Waals surface area contributed by atoms with Gasteiger partial charge >= 0.3 is 5.97 Å². The van der Waals surface area contributed by atoms with Crippen molar-refractivity contribution in [3.05, 3.63) is 39.4 Å². The highest BCUT2D eigenvalue weighted by Crippen LogP contribution is 2.24. The maximum atomic E-state index is 10.8. The summed E-state index contributed by atoms with van der Waals surface area (Å²) in [6, 6.07) is 3.87. The summed E-state index contributed by atoms with van der Waals surface area (Å²) in [5, 5.41) is 12.9. The molecule has 2 aromatic rings. The number of hydrogen-bond donors (Lipinski definition) is 1. The molecule has 0 radical (unpaired) electrons. The summed E-state index contributed by atoms with van der Waals surface area (Å²) in [5.74, 6) is -0.762. The molecule has 94 valence electrons. The zero-order valence-electron chi connectivity index (χ0n) is 10.2. The third kappa shape index (κ3) is 2.15. The van der Waals surface area contributed by atoms with E-state index in [9.17, 15) is 4.79 Å². The van der Waals surface area contributed by atoms with E-state index in [0.29, 0.717) is 5.82 Å². The second-order valence-electron chi connectivity index (χ2n) is 4.09. The minimum absolute atomic E-state index is 0.189. The Morgan fingerprint density at radius 2 is 1.83 bits per heavy atom. The van der Waals surface area contributed by atoms with Crippen LogP contribution in [0.1, 0.15) is 27.6 Å². The molecule has 0 spiro atoms. The van der Waals surface area contributed by atoms with Crippen LogP contribution >= 0.6 is 15.9 Å². The van der Waals surface area contributed by atoms with Crippen LogP contribution in [0.15, 0.2) is 16.6 Å². The van der Waals surface area contributed by atoms with Crippen LogP contribution in [0.3, 0.4) is 0 Å². The molecule has 2 rings (SSSR count). The molecule has 0 bridgehead atoms. The fourth-order valence-corrected chi connectivity index (χ4v) is 2.00. The maximum Gasteiger partial charge on any atom is 0.375 e. The van der Waals surface area contributed by atoms with Crippen LogP contribution < -0.4 is 0 Å². The lowest BCUT2D eigenvalue weighted by molar-refractivity contribution is 0.0683. The second kappa shape index (κ2) is 4.53. The molecule has 1 heterocycles. The van der Waals surface area contributed by atoms with E-state index in [4.69, 9.17) is 5.11 Å². The van der Waals surface area contributed by atoms with Gasteiger partial charge in [-0.05, 0) is 44.0 Å². The molecule has 18 heavy (non-hydrogen) atoms. The number of aromatic carboxylic acids is 1. The third-order valence-corrected chi connectivity index (χ3v) is 3.88. The average Bonchev–Trinajstić information content (AvgIpc) is 2.68. The normalized spacial score (nSPS) is 10.7. The number of aromatic nitrogens is 3. The van der Waals surface area contributed by atoms with Gasteiger partial charge in [0.05, 0.1) is 5.69 Å². The van der Waals surface area contributed by atoms with Gasteiger partial charge in [0.1, 0.15) is 5.82 Å². The standard InChI is InChI=1S/C12H12BrN3O2/c1-6-4-9(5-7(2)10(6)13)16-8(3)14-11(15-16)12(17)18/h4-5H,1-3H3,(H,17,18). The summed E-state index contributed by atoms with van der Waals surface area (Å²) >= 11 is 3.49. The number of hydrogen-bond acceptors (Lipinski definition) is 3. The number of rotatable bonds is 2. The van der Waals surface area contributed by atoms with E-state index in [1.165, 1.54) is 4.68 Å². The Balaban J connectivity index is 2.58. The molecule has 0 aliphatic carbocycles. The van der Waals surface area contributed by atoms with Gasteiger partial charge in [0.2, 0.25) is 0 Å². The van der Waals surface area contributed by atoms with Crippen molar-refractivity contribution in [1.29, 1.82) is 0 Å². The lowest BCUT2D eigenvalue weighted by Crippen LogP contribution is -2.03. The first-order valence-electron chi connectivity index (χ1n) is 5.34. The first kappa shape index (κ1) is 12.8. The quantitative estimate of drug-likeness (QED) is 0.926. The lowest BCUT2D eigenvalue weighted by Gasteiger charge is -2.08. The fourth-order valence-electron chi connectivity index (χ4n) is 1.77. The zero-order chi connectivity index (χ0) is 13.4. The van der Waals surface area contributed by atoms with E-state index in [1.54, 1.807) is 6.92 Å². The average molecular weight is 310 g/mol. The molecule has 0 saturated heterocycles. The fraction of sp³-hybridized carbons (Fsp3) is 0.250. The number of benzene rings is 1. The van der Waals surface area contributed by atoms with E-state index in [0.717, 1.165) is 21.3 Å². The molecule has 0 saturated carbocycles. The summed E-state index contributed by atoms with van der Waals surface area (Å²) in [5.41, 5.74) is 2.94. The van der Waals surface area contributed by atoms with Crippen LogP contribution in [-0.4, -0.2) is 25.8 Å². The number of aryl methyl sites for hydroxylation is 3. The minimum atomic E-state index is -1.12. The van der Waals surface area contributed by atoms with Gasteiger partial charge in [-0.2, -0.15) is 0 Å². The Hall–Kier alpha value is -1.69. The Morgan fingerprint density at radius 3 is 2.28 bits per heavy atom. The number of carbonyl (C=O) groups is 1. The predicted octanol–water partition coefficient (Wildman–Crippen LogP) is 2.65. The minimum Gasteiger partial charge on any atom is -0.475 e. The number of nitrogens with zero attached hydrogens (tertiary/aromatic N) is 3. The van der Waals surface area contributed by atoms with E-state index >= 15 is 0 Å². The molecule has 0 aliphatic rings. The van der Waals surface area contributed by atoms with E-state index in [1.807, 2.05) is 26.0 Å². The lowest BCUT2D eigenvalue weighted by atomic mass is 10.1. The SMILES string of the molecule is Cc1cc(-n2nc(C(=O)O)nc2C)cc(C)c1Br. The van der Waals surface area contributed by atoms with Crippen LogP contribution in [0.4, 0.5) is 0 Å². The highest BCUT2D eigenvalue weighted by Gasteiger charge is 2.14. The van der Waals surface area contributed by atoms with Crippen molar-refractivity contribution in [2.24, 2.45) is 0 Å². The number of halogens is 1. The highest BCUT2D eigenvalue weighted by atomic mass is 79.9. The summed E-state index contributed by atoms with van der Waals surface area (Å²) in [6.45, 7) is 5.68. The van der Waals surface area contributed by atoms with Crippen molar-refractivity contribution in [1.82, 2.24) is 14.8 Å². The van der Waals surface area contributed by atoms with E-state index in [-0.39, 0.29) is 5.82 Å². The molecule has 0 aliphatic heterocycles. The molecule has 0 amide bonds. The van der Waals surface area contributed by atoms with Gasteiger partial charge in [0.25, 0.3) is 5.82 Å². The van der Waals surface area contributed by atoms with E-state index in [2.05, 4.69) is 26.0 Å². The molecular weight excluding hydrogens is 298 g/mol. The van der Waals surface area contributed by atoms with Gasteiger partial charge in [0, 0.05) is 4.47 Å². The van der Waals surface area contributed by atoms with Crippen molar-refractivity contribution < 1.29 is 9.90 Å². The number of carboxylic acids is 1. The van der Waals surface area contributed by atoms with Crippen molar-refractivity contribution in [3.63, 3.8) is 0 Å². The summed E-state index contributed by atoms with van der Waals surface area (Å²) < 4.78 is 2.58. The monoisotopic (exact) mass is 309 g/mol. The van der Waals surface area contributed by atoms with Gasteiger partial charge in [0.15, 0.2) is 0 Å². The van der Waals surface area contributed by atoms with Crippen LogP contribution in [0, 0.1) is 20.8 Å². The smallest absolute Gasteiger partial charge is 0.375 e. The van der Waals surface area contributed by atoms with Gasteiger partial charge < -0.3 is 5.11 Å². The first-order chi connectivity index (χ1) is 8.40. The van der Waals surface area contributed by atoms with Gasteiger partial charge in [-0.1, -0.05) is 15.9 Å². The second-order valence-corrected chi connectivity index (χ2v) is 4.89. The van der Waals surface area contributed by atoms with Gasteiger partial charge in [-0.15, -0.1) is 5.10 Å². The molecule has 6 heteroatoms. The Bertz CT molecular complexity index is 611. The molecule has 1 aromatic heterocycles. The molecule has 0 unspecified atom stereocenters.